The molecule has 1 heterocycles. The number of nitrogens with one attached hydrogen (secondary N) is 2. The Morgan fingerprint density at radius 2 is 2.09 bits per heavy atom. The van der Waals surface area contributed by atoms with E-state index < -0.39 is 0 Å². The predicted molar refractivity (Wildman–Crippen MR) is 102 cm³/mol. The zero-order chi connectivity index (χ0) is 16.8. The highest BCUT2D eigenvalue weighted by atomic mass is 127. The van der Waals surface area contributed by atoms with Gasteiger partial charge >= 0.3 is 0 Å². The minimum atomic E-state index is -0.244. The lowest BCUT2D eigenvalue weighted by Gasteiger charge is -2.25. The topological polar surface area (TPSA) is 87.4 Å². The fourth-order valence-corrected chi connectivity index (χ4v) is 1.83. The molecule has 0 saturated carbocycles. The molecular weight excluding hydrogens is 409 g/mol. The molecule has 1 amide bonds. The average Bonchev–Trinajstić information content (AvgIpc) is 2.77. The Balaban J connectivity index is 0.00000484. The van der Waals surface area contributed by atoms with E-state index in [1.54, 1.807) is 9.58 Å². The van der Waals surface area contributed by atoms with E-state index >= 15 is 0 Å². The number of hydrogen-bond donors (Lipinski definition) is 2. The van der Waals surface area contributed by atoms with Crippen LogP contribution in [-0.2, 0) is 18.4 Å². The van der Waals surface area contributed by atoms with Gasteiger partial charge in [-0.15, -0.1) is 24.0 Å². The molecule has 8 nitrogen and oxygen atoms in total. The van der Waals surface area contributed by atoms with Crippen molar-refractivity contribution in [3.8, 4) is 0 Å². The van der Waals surface area contributed by atoms with Crippen LogP contribution >= 0.6 is 24.0 Å². The number of carbonyl (C=O) groups excluding carboxylic acids is 1. The number of amides is 1. The standard InChI is InChI=1S/C14H27N7O.HI/c1-7-15-13(16-8-11-17-10-18-21(11)6)20(5)9-12(22)19-14(2,3)4;/h10H,7-9H2,1-6H3,(H,15,16)(H,19,22);1H. The highest BCUT2D eigenvalue weighted by Gasteiger charge is 2.16. The molecule has 0 unspecified atom stereocenters. The zero-order valence-corrected chi connectivity index (χ0v) is 17.1. The predicted octanol–water partition coefficient (Wildman–Crippen LogP) is 0.745. The first-order chi connectivity index (χ1) is 10.2. The maximum absolute atomic E-state index is 12.0. The molecule has 0 bridgehead atoms. The molecule has 0 aliphatic rings. The third-order valence-electron chi connectivity index (χ3n) is 2.77. The maximum atomic E-state index is 12.0. The summed E-state index contributed by atoms with van der Waals surface area (Å²) in [5.74, 6) is 1.39. The highest BCUT2D eigenvalue weighted by molar-refractivity contribution is 14.0. The van der Waals surface area contributed by atoms with Crippen molar-refractivity contribution in [2.24, 2.45) is 12.0 Å². The molecule has 0 atom stereocenters. The quantitative estimate of drug-likeness (QED) is 0.403. The molecule has 0 saturated heterocycles. The number of halogens is 1. The van der Waals surface area contributed by atoms with Gasteiger partial charge < -0.3 is 15.5 Å². The van der Waals surface area contributed by atoms with Crippen LogP contribution in [0.15, 0.2) is 11.3 Å². The first kappa shape index (κ1) is 21.6. The molecule has 9 heteroatoms. The Kier molecular flexibility index (Phi) is 9.10. The molecule has 0 aromatic carbocycles. The second kappa shape index (κ2) is 9.68. The summed E-state index contributed by atoms with van der Waals surface area (Å²) in [5, 5.41) is 10.1. The largest absolute Gasteiger partial charge is 0.357 e. The van der Waals surface area contributed by atoms with Crippen LogP contribution in [0.3, 0.4) is 0 Å². The summed E-state index contributed by atoms with van der Waals surface area (Å²) in [5.41, 5.74) is -0.244. The summed E-state index contributed by atoms with van der Waals surface area (Å²) in [6, 6.07) is 0. The van der Waals surface area contributed by atoms with Gasteiger partial charge in [-0.1, -0.05) is 0 Å². The summed E-state index contributed by atoms with van der Waals surface area (Å²) < 4.78 is 1.68. The summed E-state index contributed by atoms with van der Waals surface area (Å²) in [4.78, 5) is 22.4. The minimum Gasteiger partial charge on any atom is -0.357 e. The molecule has 0 spiro atoms. The molecule has 132 valence electrons. The van der Waals surface area contributed by atoms with Gasteiger partial charge in [0.25, 0.3) is 0 Å². The van der Waals surface area contributed by atoms with Crippen LogP contribution in [0.5, 0.6) is 0 Å². The van der Waals surface area contributed by atoms with Crippen LogP contribution in [0.25, 0.3) is 0 Å². The summed E-state index contributed by atoms with van der Waals surface area (Å²) in [6.07, 6.45) is 1.50. The number of nitrogens with zero attached hydrogens (tertiary/aromatic N) is 5. The van der Waals surface area contributed by atoms with E-state index in [0.717, 1.165) is 12.4 Å². The zero-order valence-electron chi connectivity index (χ0n) is 14.8. The van der Waals surface area contributed by atoms with Gasteiger partial charge in [0.1, 0.15) is 18.7 Å². The number of rotatable bonds is 5. The number of likely N-dealkylation sites (N-methyl/N-ethyl adjacent to an activating group) is 1. The van der Waals surface area contributed by atoms with Gasteiger partial charge in [-0.05, 0) is 27.7 Å². The van der Waals surface area contributed by atoms with Crippen molar-refractivity contribution >= 4 is 35.8 Å². The summed E-state index contributed by atoms with van der Waals surface area (Å²) in [6.45, 7) is 9.23. The number of carbonyl (C=O) groups is 1. The fourth-order valence-electron chi connectivity index (χ4n) is 1.83. The van der Waals surface area contributed by atoms with E-state index in [2.05, 4.69) is 25.7 Å². The van der Waals surface area contributed by atoms with Gasteiger partial charge in [-0.3, -0.25) is 9.48 Å². The third kappa shape index (κ3) is 8.14. The Morgan fingerprint density at radius 3 is 2.57 bits per heavy atom. The van der Waals surface area contributed by atoms with Crippen LogP contribution in [0, 0.1) is 0 Å². The van der Waals surface area contributed by atoms with E-state index in [1.807, 2.05) is 41.8 Å². The van der Waals surface area contributed by atoms with Gasteiger partial charge in [0.05, 0.1) is 6.54 Å². The minimum absolute atomic E-state index is 0. The maximum Gasteiger partial charge on any atom is 0.240 e. The second-order valence-corrected chi connectivity index (χ2v) is 6.12. The lowest BCUT2D eigenvalue weighted by atomic mass is 10.1. The van der Waals surface area contributed by atoms with Crippen molar-refractivity contribution < 1.29 is 4.79 Å². The first-order valence-electron chi connectivity index (χ1n) is 7.36. The van der Waals surface area contributed by atoms with Crippen LogP contribution < -0.4 is 10.6 Å². The Labute approximate surface area is 155 Å². The SMILES string of the molecule is CCNC(=NCc1ncnn1C)N(C)CC(=O)NC(C)(C)C.I. The molecular formula is C14H28IN7O. The van der Waals surface area contributed by atoms with Crippen molar-refractivity contribution in [3.63, 3.8) is 0 Å². The number of aromatic nitrogens is 3. The first-order valence-corrected chi connectivity index (χ1v) is 7.36. The van der Waals surface area contributed by atoms with Crippen LogP contribution in [-0.4, -0.2) is 57.2 Å². The average molecular weight is 437 g/mol. The molecule has 1 rings (SSSR count). The van der Waals surface area contributed by atoms with Crippen molar-refractivity contribution in [3.05, 3.63) is 12.2 Å². The second-order valence-electron chi connectivity index (χ2n) is 6.12. The molecule has 0 aliphatic carbocycles. The molecule has 1 aromatic heterocycles. The van der Waals surface area contributed by atoms with E-state index in [1.165, 1.54) is 6.33 Å². The van der Waals surface area contributed by atoms with E-state index in [4.69, 9.17) is 0 Å². The van der Waals surface area contributed by atoms with Crippen molar-refractivity contribution in [1.82, 2.24) is 30.3 Å². The molecule has 2 N–H and O–H groups in total. The van der Waals surface area contributed by atoms with E-state index in [-0.39, 0.29) is 42.0 Å². The summed E-state index contributed by atoms with van der Waals surface area (Å²) in [7, 11) is 3.66. The van der Waals surface area contributed by atoms with E-state index in [0.29, 0.717) is 12.5 Å². The van der Waals surface area contributed by atoms with Gasteiger partial charge in [0, 0.05) is 26.2 Å². The van der Waals surface area contributed by atoms with Crippen molar-refractivity contribution in [2.45, 2.75) is 39.8 Å². The molecule has 0 fully saturated rings. The molecule has 0 radical (unpaired) electrons. The number of aryl methyl sites for hydroxylation is 1. The lowest BCUT2D eigenvalue weighted by molar-refractivity contribution is -0.122. The lowest BCUT2D eigenvalue weighted by Crippen LogP contribution is -2.48. The fraction of sp³-hybridized carbons (Fsp3) is 0.714. The highest BCUT2D eigenvalue weighted by Crippen LogP contribution is 1.99. The van der Waals surface area contributed by atoms with Gasteiger partial charge in [0.15, 0.2) is 5.96 Å². The number of guanidine groups is 1. The smallest absolute Gasteiger partial charge is 0.240 e. The van der Waals surface area contributed by atoms with E-state index in [9.17, 15) is 4.79 Å². The van der Waals surface area contributed by atoms with Gasteiger partial charge in [-0.2, -0.15) is 5.10 Å². The normalized spacial score (nSPS) is 11.7. The molecule has 1 aromatic rings. The van der Waals surface area contributed by atoms with Crippen LogP contribution in [0.4, 0.5) is 0 Å². The van der Waals surface area contributed by atoms with Gasteiger partial charge in [-0.25, -0.2) is 9.98 Å². The summed E-state index contributed by atoms with van der Waals surface area (Å²) >= 11 is 0. The molecule has 0 aliphatic heterocycles. The third-order valence-corrected chi connectivity index (χ3v) is 2.77. The number of aliphatic imine (C=N–C) groups is 1. The Bertz CT molecular complexity index is 521. The Hall–Kier alpha value is -1.39. The monoisotopic (exact) mass is 437 g/mol. The number of hydrogen-bond acceptors (Lipinski definition) is 4. The molecule has 23 heavy (non-hydrogen) atoms. The van der Waals surface area contributed by atoms with Crippen molar-refractivity contribution in [1.29, 1.82) is 0 Å². The van der Waals surface area contributed by atoms with Crippen LogP contribution in [0.2, 0.25) is 0 Å². The Morgan fingerprint density at radius 1 is 1.43 bits per heavy atom. The van der Waals surface area contributed by atoms with Gasteiger partial charge in [0.2, 0.25) is 5.91 Å². The van der Waals surface area contributed by atoms with Crippen molar-refractivity contribution in [2.75, 3.05) is 20.1 Å². The van der Waals surface area contributed by atoms with Crippen LogP contribution in [0.1, 0.15) is 33.5 Å².